The molecular formula is C14H22N6O4. The number of aryl methyl sites for hydroxylation is 1. The van der Waals surface area contributed by atoms with E-state index in [0.717, 1.165) is 0 Å². The van der Waals surface area contributed by atoms with Crippen LogP contribution in [-0.4, -0.2) is 89.2 Å². The number of carbonyl (C=O) groups excluding carboxylic acids is 1. The van der Waals surface area contributed by atoms with E-state index in [9.17, 15) is 14.9 Å². The van der Waals surface area contributed by atoms with Crippen molar-refractivity contribution in [1.29, 1.82) is 0 Å². The maximum atomic E-state index is 12.3. The summed E-state index contributed by atoms with van der Waals surface area (Å²) in [6.07, 6.45) is 1.46. The summed E-state index contributed by atoms with van der Waals surface area (Å²) in [6.45, 7) is 5.55. The Labute approximate surface area is 139 Å². The fourth-order valence-corrected chi connectivity index (χ4v) is 3.13. The number of nitro groups is 1. The van der Waals surface area contributed by atoms with Crippen LogP contribution in [0, 0.1) is 10.1 Å². The molecule has 0 saturated carbocycles. The fourth-order valence-electron chi connectivity index (χ4n) is 3.13. The molecule has 3 rings (SSSR count). The zero-order valence-electron chi connectivity index (χ0n) is 13.8. The number of nitrogens with zero attached hydrogens (tertiary/aromatic N) is 6. The van der Waals surface area contributed by atoms with Gasteiger partial charge in [0.05, 0.1) is 19.8 Å². The first kappa shape index (κ1) is 16.7. The van der Waals surface area contributed by atoms with Gasteiger partial charge in [-0.15, -0.1) is 0 Å². The van der Waals surface area contributed by atoms with Gasteiger partial charge in [0.15, 0.2) is 0 Å². The highest BCUT2D eigenvalue weighted by molar-refractivity contribution is 5.78. The van der Waals surface area contributed by atoms with Gasteiger partial charge in [-0.25, -0.2) is 0 Å². The number of aromatic nitrogens is 2. The molecule has 1 amide bonds. The van der Waals surface area contributed by atoms with E-state index in [1.807, 2.05) is 9.80 Å². The van der Waals surface area contributed by atoms with Crippen LogP contribution in [0.1, 0.15) is 0 Å². The standard InChI is InChI=1S/C14H22N6O4/c1-16-11-15-13(20(22)23)14(16)19-4-2-17(3-5-19)10-12(21)18-6-8-24-9-7-18/h11H,2-10H2,1H3. The molecule has 0 spiro atoms. The van der Waals surface area contributed by atoms with Crippen LogP contribution in [0.25, 0.3) is 0 Å². The van der Waals surface area contributed by atoms with Crippen LogP contribution < -0.4 is 4.90 Å². The molecule has 0 unspecified atom stereocenters. The molecule has 24 heavy (non-hydrogen) atoms. The van der Waals surface area contributed by atoms with Crippen molar-refractivity contribution in [2.24, 2.45) is 7.05 Å². The van der Waals surface area contributed by atoms with Gasteiger partial charge in [0.1, 0.15) is 0 Å². The maximum Gasteiger partial charge on any atom is 0.406 e. The van der Waals surface area contributed by atoms with Crippen molar-refractivity contribution in [3.8, 4) is 0 Å². The van der Waals surface area contributed by atoms with Gasteiger partial charge in [-0.05, 0) is 9.91 Å². The summed E-state index contributed by atoms with van der Waals surface area (Å²) < 4.78 is 6.93. The molecule has 2 aliphatic heterocycles. The summed E-state index contributed by atoms with van der Waals surface area (Å²) >= 11 is 0. The van der Waals surface area contributed by atoms with Gasteiger partial charge in [0.2, 0.25) is 18.1 Å². The van der Waals surface area contributed by atoms with E-state index >= 15 is 0 Å². The minimum atomic E-state index is -0.455. The summed E-state index contributed by atoms with van der Waals surface area (Å²) in [4.78, 5) is 32.7. The van der Waals surface area contributed by atoms with Crippen LogP contribution in [0.15, 0.2) is 6.33 Å². The SMILES string of the molecule is Cn1cnc([N+](=O)[O-])c1N1CCN(CC(=O)N2CCOCC2)CC1. The maximum absolute atomic E-state index is 12.3. The highest BCUT2D eigenvalue weighted by Crippen LogP contribution is 2.26. The van der Waals surface area contributed by atoms with Gasteiger partial charge in [-0.1, -0.05) is 0 Å². The highest BCUT2D eigenvalue weighted by Gasteiger charge is 2.29. The number of ether oxygens (including phenoxy) is 1. The van der Waals surface area contributed by atoms with Gasteiger partial charge in [-0.3, -0.25) is 14.3 Å². The Bertz CT molecular complexity index is 604. The number of imidazole rings is 1. The topological polar surface area (TPSA) is 97.0 Å². The van der Waals surface area contributed by atoms with Crippen molar-refractivity contribution in [3.63, 3.8) is 0 Å². The molecule has 2 saturated heterocycles. The first-order valence-electron chi connectivity index (χ1n) is 8.05. The second-order valence-corrected chi connectivity index (χ2v) is 6.02. The molecule has 0 bridgehead atoms. The lowest BCUT2D eigenvalue weighted by Crippen LogP contribution is -2.52. The Hall–Kier alpha value is -2.20. The lowest BCUT2D eigenvalue weighted by atomic mass is 10.3. The second kappa shape index (κ2) is 7.14. The Kier molecular flexibility index (Phi) is 4.95. The molecule has 1 aromatic rings. The predicted molar refractivity (Wildman–Crippen MR) is 85.9 cm³/mol. The average molecular weight is 338 g/mol. The van der Waals surface area contributed by atoms with Crippen molar-refractivity contribution in [1.82, 2.24) is 19.4 Å². The molecule has 0 aromatic carbocycles. The number of carbonyl (C=O) groups is 1. The quantitative estimate of drug-likeness (QED) is 0.529. The summed E-state index contributed by atoms with van der Waals surface area (Å²) in [5.41, 5.74) is 0. The minimum absolute atomic E-state index is 0.115. The monoisotopic (exact) mass is 338 g/mol. The predicted octanol–water partition coefficient (Wildman–Crippen LogP) is -0.691. The Morgan fingerprint density at radius 2 is 1.92 bits per heavy atom. The third kappa shape index (κ3) is 3.49. The molecule has 132 valence electrons. The number of amides is 1. The second-order valence-electron chi connectivity index (χ2n) is 6.02. The molecule has 0 N–H and O–H groups in total. The third-order valence-electron chi connectivity index (χ3n) is 4.45. The summed E-state index contributed by atoms with van der Waals surface area (Å²) in [5.74, 6) is 0.535. The van der Waals surface area contributed by atoms with E-state index in [0.29, 0.717) is 64.8 Å². The molecular weight excluding hydrogens is 316 g/mol. The van der Waals surface area contributed by atoms with Gasteiger partial charge in [0.25, 0.3) is 0 Å². The van der Waals surface area contributed by atoms with Crippen molar-refractivity contribution >= 4 is 17.5 Å². The van der Waals surface area contributed by atoms with E-state index in [4.69, 9.17) is 4.74 Å². The smallest absolute Gasteiger partial charge is 0.378 e. The van der Waals surface area contributed by atoms with Gasteiger partial charge in [0, 0.05) is 46.3 Å². The number of piperazine rings is 1. The van der Waals surface area contributed by atoms with Crippen LogP contribution in [0.2, 0.25) is 0 Å². The summed E-state index contributed by atoms with van der Waals surface area (Å²) in [5, 5.41) is 11.1. The van der Waals surface area contributed by atoms with E-state index < -0.39 is 4.92 Å². The van der Waals surface area contributed by atoms with Crippen molar-refractivity contribution < 1.29 is 14.5 Å². The summed E-state index contributed by atoms with van der Waals surface area (Å²) in [6, 6.07) is 0. The highest BCUT2D eigenvalue weighted by atomic mass is 16.6. The molecule has 0 aliphatic carbocycles. The molecule has 2 aliphatic rings. The number of hydrogen-bond donors (Lipinski definition) is 0. The molecule has 10 heteroatoms. The Morgan fingerprint density at radius 3 is 2.54 bits per heavy atom. The van der Waals surface area contributed by atoms with Gasteiger partial charge >= 0.3 is 5.82 Å². The number of anilines is 1. The van der Waals surface area contributed by atoms with Crippen LogP contribution in [0.5, 0.6) is 0 Å². The van der Waals surface area contributed by atoms with E-state index in [2.05, 4.69) is 9.88 Å². The molecule has 3 heterocycles. The lowest BCUT2D eigenvalue weighted by molar-refractivity contribution is -0.388. The van der Waals surface area contributed by atoms with Gasteiger partial charge in [-0.2, -0.15) is 0 Å². The van der Waals surface area contributed by atoms with E-state index in [1.54, 1.807) is 11.6 Å². The van der Waals surface area contributed by atoms with Crippen molar-refractivity contribution in [2.45, 2.75) is 0 Å². The fraction of sp³-hybridized carbons (Fsp3) is 0.714. The van der Waals surface area contributed by atoms with E-state index in [-0.39, 0.29) is 11.7 Å². The van der Waals surface area contributed by atoms with E-state index in [1.165, 1.54) is 6.33 Å². The number of morpholine rings is 1. The van der Waals surface area contributed by atoms with Crippen LogP contribution >= 0.6 is 0 Å². The number of hydrogen-bond acceptors (Lipinski definition) is 7. The molecule has 0 atom stereocenters. The van der Waals surface area contributed by atoms with Crippen LogP contribution in [0.3, 0.4) is 0 Å². The Morgan fingerprint density at radius 1 is 1.25 bits per heavy atom. The van der Waals surface area contributed by atoms with Crippen molar-refractivity contribution in [3.05, 3.63) is 16.4 Å². The zero-order chi connectivity index (χ0) is 17.1. The molecule has 0 radical (unpaired) electrons. The zero-order valence-corrected chi connectivity index (χ0v) is 13.8. The lowest BCUT2D eigenvalue weighted by Gasteiger charge is -2.36. The largest absolute Gasteiger partial charge is 0.406 e. The van der Waals surface area contributed by atoms with Crippen molar-refractivity contribution in [2.75, 3.05) is 63.9 Å². The van der Waals surface area contributed by atoms with Gasteiger partial charge < -0.3 is 24.7 Å². The third-order valence-corrected chi connectivity index (χ3v) is 4.45. The molecule has 10 nitrogen and oxygen atoms in total. The number of rotatable bonds is 4. The molecule has 2 fully saturated rings. The minimum Gasteiger partial charge on any atom is -0.378 e. The van der Waals surface area contributed by atoms with Crippen LogP contribution in [0.4, 0.5) is 11.6 Å². The van der Waals surface area contributed by atoms with Crippen LogP contribution in [-0.2, 0) is 16.6 Å². The molecule has 1 aromatic heterocycles. The summed E-state index contributed by atoms with van der Waals surface area (Å²) in [7, 11) is 1.75. The average Bonchev–Trinajstić information content (AvgIpc) is 2.98. The normalized spacial score (nSPS) is 19.5. The Balaban J connectivity index is 1.55. The first-order valence-corrected chi connectivity index (χ1v) is 8.05. The first-order chi connectivity index (χ1) is 11.6.